The van der Waals surface area contributed by atoms with E-state index in [4.69, 9.17) is 9.84 Å². The predicted molar refractivity (Wildman–Crippen MR) is 97.9 cm³/mol. The highest BCUT2D eigenvalue weighted by Gasteiger charge is 2.05. The van der Waals surface area contributed by atoms with Gasteiger partial charge >= 0.3 is 6.16 Å². The second-order valence-electron chi connectivity index (χ2n) is 6.49. The standard InChI is InChI=1S/C20H29NO3/c1-2-3-4-5-6-7-8-9-10-11-17-14-16-15-18(24-20(22)23)12-13-19(16)21-17/h12-15,21H,2-11H2,1H3,(H,22,23). The van der Waals surface area contributed by atoms with Crippen molar-refractivity contribution in [3.8, 4) is 5.75 Å². The Hall–Kier alpha value is -1.97. The fourth-order valence-corrected chi connectivity index (χ4v) is 3.10. The first-order valence-electron chi connectivity index (χ1n) is 9.21. The number of benzene rings is 1. The Bertz CT molecular complexity index is 633. The lowest BCUT2D eigenvalue weighted by Crippen LogP contribution is -2.02. The molecule has 1 heterocycles. The molecule has 24 heavy (non-hydrogen) atoms. The molecule has 1 aromatic carbocycles. The molecule has 0 aliphatic carbocycles. The molecule has 0 bridgehead atoms. The van der Waals surface area contributed by atoms with E-state index in [0.717, 1.165) is 17.3 Å². The molecule has 2 aromatic rings. The van der Waals surface area contributed by atoms with Gasteiger partial charge in [0.05, 0.1) is 0 Å². The average Bonchev–Trinajstić information content (AvgIpc) is 2.94. The Morgan fingerprint density at radius 3 is 2.33 bits per heavy atom. The highest BCUT2D eigenvalue weighted by molar-refractivity contribution is 5.82. The van der Waals surface area contributed by atoms with Gasteiger partial charge in [-0.15, -0.1) is 0 Å². The van der Waals surface area contributed by atoms with Gasteiger partial charge in [-0.05, 0) is 37.1 Å². The molecule has 2 N–H and O–H groups in total. The van der Waals surface area contributed by atoms with Gasteiger partial charge < -0.3 is 14.8 Å². The first kappa shape index (κ1) is 18.4. The number of nitrogens with one attached hydrogen (secondary N) is 1. The Morgan fingerprint density at radius 1 is 1.00 bits per heavy atom. The zero-order valence-corrected chi connectivity index (χ0v) is 14.6. The van der Waals surface area contributed by atoms with Crippen LogP contribution in [-0.2, 0) is 6.42 Å². The summed E-state index contributed by atoms with van der Waals surface area (Å²) in [6.07, 6.45) is 11.7. The van der Waals surface area contributed by atoms with Gasteiger partial charge in [-0.3, -0.25) is 0 Å². The number of hydrogen-bond acceptors (Lipinski definition) is 2. The number of unbranched alkanes of at least 4 members (excludes halogenated alkanes) is 8. The Morgan fingerprint density at radius 2 is 1.67 bits per heavy atom. The van der Waals surface area contributed by atoms with Crippen LogP contribution in [0.2, 0.25) is 0 Å². The SMILES string of the molecule is CCCCCCCCCCCc1cc2cc(OC(=O)O)ccc2[nH]1. The molecule has 0 unspecified atom stereocenters. The number of carboxylic acid groups (broad SMARTS) is 1. The number of carbonyl (C=O) groups is 1. The molecule has 0 amide bonds. The molecule has 0 atom stereocenters. The minimum absolute atomic E-state index is 0.364. The molecular formula is C20H29NO3. The third-order valence-corrected chi connectivity index (χ3v) is 4.40. The molecule has 4 nitrogen and oxygen atoms in total. The number of ether oxygens (including phenoxy) is 1. The van der Waals surface area contributed by atoms with Gasteiger partial charge in [0.15, 0.2) is 0 Å². The highest BCUT2D eigenvalue weighted by atomic mass is 16.7. The summed E-state index contributed by atoms with van der Waals surface area (Å²) in [5.41, 5.74) is 2.24. The number of rotatable bonds is 11. The van der Waals surface area contributed by atoms with Crippen molar-refractivity contribution in [1.82, 2.24) is 4.98 Å². The highest BCUT2D eigenvalue weighted by Crippen LogP contribution is 2.23. The maximum Gasteiger partial charge on any atom is 0.511 e. The summed E-state index contributed by atoms with van der Waals surface area (Å²) < 4.78 is 4.69. The summed E-state index contributed by atoms with van der Waals surface area (Å²) >= 11 is 0. The summed E-state index contributed by atoms with van der Waals surface area (Å²) in [5.74, 6) is 0.364. The second-order valence-corrected chi connectivity index (χ2v) is 6.49. The van der Waals surface area contributed by atoms with Gasteiger partial charge in [0.2, 0.25) is 0 Å². The van der Waals surface area contributed by atoms with Gasteiger partial charge in [-0.1, -0.05) is 58.3 Å². The van der Waals surface area contributed by atoms with E-state index in [1.165, 1.54) is 63.5 Å². The lowest BCUT2D eigenvalue weighted by molar-refractivity contribution is 0.144. The topological polar surface area (TPSA) is 62.3 Å². The molecule has 0 aliphatic heterocycles. The Labute approximate surface area is 144 Å². The van der Waals surface area contributed by atoms with Crippen LogP contribution >= 0.6 is 0 Å². The Kier molecular flexibility index (Phi) is 7.66. The van der Waals surface area contributed by atoms with Crippen molar-refractivity contribution >= 4 is 17.1 Å². The normalized spacial score (nSPS) is 11.0. The average molecular weight is 331 g/mol. The molecule has 0 saturated heterocycles. The van der Waals surface area contributed by atoms with Crippen LogP contribution in [0.5, 0.6) is 5.75 Å². The number of aromatic nitrogens is 1. The summed E-state index contributed by atoms with van der Waals surface area (Å²) in [7, 11) is 0. The molecule has 0 spiro atoms. The molecule has 0 aliphatic rings. The monoisotopic (exact) mass is 331 g/mol. The lowest BCUT2D eigenvalue weighted by atomic mass is 10.1. The summed E-state index contributed by atoms with van der Waals surface area (Å²) in [5, 5.41) is 9.66. The summed E-state index contributed by atoms with van der Waals surface area (Å²) in [4.78, 5) is 14.0. The maximum atomic E-state index is 10.6. The van der Waals surface area contributed by atoms with Gasteiger partial charge in [-0.2, -0.15) is 0 Å². The van der Waals surface area contributed by atoms with Crippen molar-refractivity contribution < 1.29 is 14.6 Å². The van der Waals surface area contributed by atoms with Crippen molar-refractivity contribution in [3.63, 3.8) is 0 Å². The van der Waals surface area contributed by atoms with E-state index in [-0.39, 0.29) is 0 Å². The van der Waals surface area contributed by atoms with Crippen molar-refractivity contribution in [2.45, 2.75) is 71.1 Å². The van der Waals surface area contributed by atoms with Gasteiger partial charge in [-0.25, -0.2) is 4.79 Å². The molecule has 1 aromatic heterocycles. The van der Waals surface area contributed by atoms with Crippen molar-refractivity contribution in [2.75, 3.05) is 0 Å². The van der Waals surface area contributed by atoms with Crippen molar-refractivity contribution in [1.29, 1.82) is 0 Å². The second kappa shape index (κ2) is 10.0. The predicted octanol–water partition coefficient (Wildman–Crippen LogP) is 6.30. The van der Waals surface area contributed by atoms with E-state index in [2.05, 4.69) is 18.0 Å². The molecule has 0 fully saturated rings. The van der Waals surface area contributed by atoms with E-state index < -0.39 is 6.16 Å². The summed E-state index contributed by atoms with van der Waals surface area (Å²) in [6, 6.07) is 7.40. The molecule has 0 radical (unpaired) electrons. The van der Waals surface area contributed by atoms with Crippen molar-refractivity contribution in [3.05, 3.63) is 30.0 Å². The largest absolute Gasteiger partial charge is 0.511 e. The number of hydrogen-bond donors (Lipinski definition) is 2. The van der Waals surface area contributed by atoms with E-state index in [9.17, 15) is 4.79 Å². The first-order valence-corrected chi connectivity index (χ1v) is 9.21. The third kappa shape index (κ3) is 6.26. The fraction of sp³-hybridized carbons (Fsp3) is 0.550. The van der Waals surface area contributed by atoms with Gasteiger partial charge in [0, 0.05) is 16.6 Å². The van der Waals surface area contributed by atoms with Crippen LogP contribution in [0.4, 0.5) is 4.79 Å². The summed E-state index contributed by atoms with van der Waals surface area (Å²) in [6.45, 7) is 2.25. The van der Waals surface area contributed by atoms with Crippen LogP contribution in [0.1, 0.15) is 70.4 Å². The van der Waals surface area contributed by atoms with Crippen LogP contribution in [0, 0.1) is 0 Å². The van der Waals surface area contributed by atoms with Crippen LogP contribution in [0.3, 0.4) is 0 Å². The number of fused-ring (bicyclic) bond motifs is 1. The third-order valence-electron chi connectivity index (χ3n) is 4.40. The van der Waals surface area contributed by atoms with E-state index in [0.29, 0.717) is 5.75 Å². The molecule has 4 heteroatoms. The van der Waals surface area contributed by atoms with E-state index >= 15 is 0 Å². The smallest absolute Gasteiger partial charge is 0.449 e. The minimum atomic E-state index is -1.28. The molecule has 0 saturated carbocycles. The Balaban J connectivity index is 1.68. The van der Waals surface area contributed by atoms with E-state index in [1.807, 2.05) is 6.07 Å². The van der Waals surface area contributed by atoms with Gasteiger partial charge in [0.1, 0.15) is 5.75 Å². The molecular weight excluding hydrogens is 302 g/mol. The quantitative estimate of drug-likeness (QED) is 0.288. The van der Waals surface area contributed by atoms with Crippen LogP contribution < -0.4 is 4.74 Å². The first-order chi connectivity index (χ1) is 11.7. The van der Waals surface area contributed by atoms with Crippen LogP contribution in [0.25, 0.3) is 10.9 Å². The zero-order valence-electron chi connectivity index (χ0n) is 14.6. The molecule has 2 rings (SSSR count). The number of H-pyrrole nitrogens is 1. The van der Waals surface area contributed by atoms with Crippen LogP contribution in [0.15, 0.2) is 24.3 Å². The lowest BCUT2D eigenvalue weighted by Gasteiger charge is -2.01. The van der Waals surface area contributed by atoms with Crippen molar-refractivity contribution in [2.24, 2.45) is 0 Å². The zero-order chi connectivity index (χ0) is 17.2. The van der Waals surface area contributed by atoms with Gasteiger partial charge in [0.25, 0.3) is 0 Å². The number of aryl methyl sites for hydroxylation is 1. The fourth-order valence-electron chi connectivity index (χ4n) is 3.10. The van der Waals surface area contributed by atoms with Crippen LogP contribution in [-0.4, -0.2) is 16.2 Å². The van der Waals surface area contributed by atoms with E-state index in [1.54, 1.807) is 12.1 Å². The number of aromatic amines is 1. The minimum Gasteiger partial charge on any atom is -0.449 e. The maximum absolute atomic E-state index is 10.6. The molecule has 132 valence electrons.